The largest absolute Gasteiger partial charge is 0.459 e. The molecule has 1 N–H and O–H groups in total. The molecule has 30 heavy (non-hydrogen) atoms. The molecule has 0 bridgehead atoms. The third-order valence-corrected chi connectivity index (χ3v) is 5.40. The van der Waals surface area contributed by atoms with Gasteiger partial charge in [-0.2, -0.15) is 5.10 Å². The number of carbonyl (C=O) groups is 1. The minimum atomic E-state index is -3.47. The summed E-state index contributed by atoms with van der Waals surface area (Å²) < 4.78 is 31.4. The molecule has 154 valence electrons. The molecule has 0 aliphatic carbocycles. The fraction of sp³-hybridized carbons (Fsp3) is 0.182. The van der Waals surface area contributed by atoms with Gasteiger partial charge in [0.2, 0.25) is 10.0 Å². The number of rotatable bonds is 5. The van der Waals surface area contributed by atoms with Crippen LogP contribution in [-0.2, 0) is 10.0 Å². The van der Waals surface area contributed by atoms with E-state index in [2.05, 4.69) is 9.82 Å². The maximum Gasteiger partial charge on any atom is 0.310 e. The summed E-state index contributed by atoms with van der Waals surface area (Å²) in [6.07, 6.45) is 2.99. The maximum absolute atomic E-state index is 13.1. The van der Waals surface area contributed by atoms with Gasteiger partial charge in [-0.15, -0.1) is 0 Å². The lowest BCUT2D eigenvalue weighted by atomic mass is 9.96. The summed E-state index contributed by atoms with van der Waals surface area (Å²) in [6.45, 7) is 1.99. The molecule has 4 rings (SSSR count). The van der Waals surface area contributed by atoms with Crippen LogP contribution < -0.4 is 4.72 Å². The number of hydrogen-bond donors (Lipinski definition) is 1. The van der Waals surface area contributed by atoms with Gasteiger partial charge in [0.1, 0.15) is 0 Å². The van der Waals surface area contributed by atoms with Crippen LogP contribution in [0.25, 0.3) is 0 Å². The van der Waals surface area contributed by atoms with Crippen LogP contribution in [0, 0.1) is 6.92 Å². The zero-order chi connectivity index (χ0) is 21.3. The molecular weight excluding hydrogens is 402 g/mol. The first-order valence-corrected chi connectivity index (χ1v) is 11.3. The van der Waals surface area contributed by atoms with Gasteiger partial charge in [-0.05, 0) is 30.7 Å². The second kappa shape index (κ2) is 7.79. The number of nitrogens with one attached hydrogen (secondary N) is 1. The van der Waals surface area contributed by atoms with Gasteiger partial charge in [0.05, 0.1) is 30.0 Å². The van der Waals surface area contributed by atoms with Gasteiger partial charge in [0.15, 0.2) is 5.76 Å². The molecule has 2 aromatic carbocycles. The standard InChI is InChI=1S/C22H21N3O4S/c1-15-7-5-8-16(13-15)20-14-19(23-25(20)22(26)21-11-6-12-29-21)17-9-3-4-10-18(17)24-30(2,27)28/h3-13,20,24H,14H2,1-2H3. The molecule has 0 saturated carbocycles. The van der Waals surface area contributed by atoms with Gasteiger partial charge in [-0.25, -0.2) is 13.4 Å². The van der Waals surface area contributed by atoms with Crippen molar-refractivity contribution in [1.29, 1.82) is 0 Å². The molecule has 1 aromatic heterocycles. The van der Waals surface area contributed by atoms with Crippen molar-refractivity contribution in [3.8, 4) is 0 Å². The summed E-state index contributed by atoms with van der Waals surface area (Å²) in [4.78, 5) is 13.1. The molecule has 0 spiro atoms. The number of anilines is 1. The van der Waals surface area contributed by atoms with E-state index in [1.807, 2.05) is 37.3 Å². The summed E-state index contributed by atoms with van der Waals surface area (Å²) in [5.74, 6) is -0.157. The highest BCUT2D eigenvalue weighted by Gasteiger charge is 2.35. The van der Waals surface area contributed by atoms with Crippen molar-refractivity contribution in [3.63, 3.8) is 0 Å². The number of carbonyl (C=O) groups excluding carboxylic acids is 1. The number of furan rings is 1. The molecule has 1 amide bonds. The zero-order valence-corrected chi connectivity index (χ0v) is 17.4. The summed E-state index contributed by atoms with van der Waals surface area (Å²) in [6, 6.07) is 17.9. The molecular formula is C22H21N3O4S. The lowest BCUT2D eigenvalue weighted by molar-refractivity contribution is 0.0678. The van der Waals surface area contributed by atoms with Crippen LogP contribution in [0.1, 0.15) is 39.7 Å². The Morgan fingerprint density at radius 1 is 1.13 bits per heavy atom. The van der Waals surface area contributed by atoms with E-state index in [4.69, 9.17) is 4.42 Å². The third kappa shape index (κ3) is 4.13. The molecule has 2 heterocycles. The van der Waals surface area contributed by atoms with Crippen molar-refractivity contribution >= 4 is 27.3 Å². The number of sulfonamides is 1. The van der Waals surface area contributed by atoms with Crippen LogP contribution in [0.3, 0.4) is 0 Å². The monoisotopic (exact) mass is 423 g/mol. The minimum Gasteiger partial charge on any atom is -0.459 e. The van der Waals surface area contributed by atoms with Gasteiger partial charge in [-0.3, -0.25) is 9.52 Å². The highest BCUT2D eigenvalue weighted by Crippen LogP contribution is 2.36. The second-order valence-corrected chi connectivity index (χ2v) is 8.98. The van der Waals surface area contributed by atoms with Gasteiger partial charge < -0.3 is 4.42 Å². The molecule has 0 fully saturated rings. The van der Waals surface area contributed by atoms with E-state index in [9.17, 15) is 13.2 Å². The fourth-order valence-electron chi connectivity index (χ4n) is 3.53. The third-order valence-electron chi connectivity index (χ3n) is 4.81. The van der Waals surface area contributed by atoms with E-state index < -0.39 is 10.0 Å². The lowest BCUT2D eigenvalue weighted by Crippen LogP contribution is -2.26. The van der Waals surface area contributed by atoms with E-state index in [-0.39, 0.29) is 17.7 Å². The van der Waals surface area contributed by atoms with Crippen LogP contribution >= 0.6 is 0 Å². The summed E-state index contributed by atoms with van der Waals surface area (Å²) >= 11 is 0. The number of hydrazone groups is 1. The van der Waals surface area contributed by atoms with Gasteiger partial charge in [-0.1, -0.05) is 48.0 Å². The van der Waals surface area contributed by atoms with Crippen LogP contribution in [0.5, 0.6) is 0 Å². The number of para-hydroxylation sites is 1. The first kappa shape index (κ1) is 19.9. The Morgan fingerprint density at radius 2 is 1.93 bits per heavy atom. The van der Waals surface area contributed by atoms with Crippen molar-refractivity contribution in [2.45, 2.75) is 19.4 Å². The SMILES string of the molecule is Cc1cccc(C2CC(c3ccccc3NS(C)(=O)=O)=NN2C(=O)c2ccco2)c1. The molecule has 3 aromatic rings. The topological polar surface area (TPSA) is 92.0 Å². The molecule has 1 aliphatic heterocycles. The average Bonchev–Trinajstić information content (AvgIpc) is 3.37. The van der Waals surface area contributed by atoms with E-state index in [1.165, 1.54) is 11.3 Å². The Hall–Kier alpha value is -3.39. The van der Waals surface area contributed by atoms with Crippen LogP contribution in [0.15, 0.2) is 76.4 Å². The number of benzene rings is 2. The molecule has 0 saturated heterocycles. The number of hydrogen-bond acceptors (Lipinski definition) is 5. The maximum atomic E-state index is 13.1. The fourth-order valence-corrected chi connectivity index (χ4v) is 4.11. The zero-order valence-electron chi connectivity index (χ0n) is 16.6. The minimum absolute atomic E-state index is 0.195. The Balaban J connectivity index is 1.77. The van der Waals surface area contributed by atoms with Crippen molar-refractivity contribution in [2.24, 2.45) is 5.10 Å². The van der Waals surface area contributed by atoms with Crippen molar-refractivity contribution in [2.75, 3.05) is 11.0 Å². The summed E-state index contributed by atoms with van der Waals surface area (Å²) in [5.41, 5.74) is 3.70. The average molecular weight is 423 g/mol. The summed E-state index contributed by atoms with van der Waals surface area (Å²) in [7, 11) is -3.47. The quantitative estimate of drug-likeness (QED) is 0.673. The van der Waals surface area contributed by atoms with Crippen LogP contribution in [0.4, 0.5) is 5.69 Å². The Kier molecular flexibility index (Phi) is 5.17. The van der Waals surface area contributed by atoms with Crippen molar-refractivity contribution < 1.29 is 17.6 Å². The normalized spacial score (nSPS) is 16.4. The first-order chi connectivity index (χ1) is 14.3. The molecule has 1 atom stereocenters. The molecule has 8 heteroatoms. The molecule has 1 aliphatic rings. The first-order valence-electron chi connectivity index (χ1n) is 9.40. The second-order valence-electron chi connectivity index (χ2n) is 7.23. The van der Waals surface area contributed by atoms with Gasteiger partial charge in [0, 0.05) is 12.0 Å². The highest BCUT2D eigenvalue weighted by atomic mass is 32.2. The predicted octanol–water partition coefficient (Wildman–Crippen LogP) is 3.95. The van der Waals surface area contributed by atoms with E-state index >= 15 is 0 Å². The van der Waals surface area contributed by atoms with E-state index in [0.717, 1.165) is 17.4 Å². The van der Waals surface area contributed by atoms with Gasteiger partial charge in [0.25, 0.3) is 0 Å². The van der Waals surface area contributed by atoms with Crippen molar-refractivity contribution in [3.05, 3.63) is 89.4 Å². The van der Waals surface area contributed by atoms with E-state index in [0.29, 0.717) is 23.4 Å². The molecule has 7 nitrogen and oxygen atoms in total. The van der Waals surface area contributed by atoms with Crippen LogP contribution in [-0.4, -0.2) is 31.3 Å². The Bertz CT molecular complexity index is 1220. The lowest BCUT2D eigenvalue weighted by Gasteiger charge is -2.21. The highest BCUT2D eigenvalue weighted by molar-refractivity contribution is 7.92. The Morgan fingerprint density at radius 3 is 2.63 bits per heavy atom. The Labute approximate surface area is 175 Å². The number of amides is 1. The summed E-state index contributed by atoms with van der Waals surface area (Å²) in [5, 5.41) is 6.01. The van der Waals surface area contributed by atoms with E-state index in [1.54, 1.807) is 30.3 Å². The van der Waals surface area contributed by atoms with Gasteiger partial charge >= 0.3 is 5.91 Å². The predicted molar refractivity (Wildman–Crippen MR) is 115 cm³/mol. The van der Waals surface area contributed by atoms with Crippen molar-refractivity contribution in [1.82, 2.24) is 5.01 Å². The number of aryl methyl sites for hydroxylation is 1. The van der Waals surface area contributed by atoms with Crippen LogP contribution in [0.2, 0.25) is 0 Å². The molecule has 0 radical (unpaired) electrons. The number of nitrogens with zero attached hydrogens (tertiary/aromatic N) is 2. The molecule has 1 unspecified atom stereocenters. The smallest absolute Gasteiger partial charge is 0.310 e.